The van der Waals surface area contributed by atoms with Crippen molar-refractivity contribution in [2.24, 2.45) is 5.92 Å². The van der Waals surface area contributed by atoms with Gasteiger partial charge in [0.2, 0.25) is 5.91 Å². The molecule has 1 N–H and O–H groups in total. The Labute approximate surface area is 190 Å². The van der Waals surface area contributed by atoms with Gasteiger partial charge >= 0.3 is 0 Å². The Morgan fingerprint density at radius 1 is 1.10 bits per heavy atom. The van der Waals surface area contributed by atoms with Crippen LogP contribution in [-0.4, -0.2) is 47.7 Å². The van der Waals surface area contributed by atoms with Gasteiger partial charge in [-0.3, -0.25) is 15.1 Å². The zero-order valence-electron chi connectivity index (χ0n) is 18.5. The summed E-state index contributed by atoms with van der Waals surface area (Å²) < 4.78 is 0. The highest BCUT2D eigenvalue weighted by Gasteiger charge is 2.58. The van der Waals surface area contributed by atoms with Crippen LogP contribution in [0.3, 0.4) is 0 Å². The number of amides is 1. The van der Waals surface area contributed by atoms with E-state index in [1.54, 1.807) is 4.90 Å². The van der Waals surface area contributed by atoms with Gasteiger partial charge in [-0.25, -0.2) is 0 Å². The largest absolute Gasteiger partial charge is 0.304 e. The van der Waals surface area contributed by atoms with Crippen molar-refractivity contribution in [1.82, 2.24) is 9.80 Å². The lowest BCUT2D eigenvalue weighted by molar-refractivity contribution is -0.131. The number of likely N-dealkylation sites (tertiary alicyclic amines) is 1. The predicted molar refractivity (Wildman–Crippen MR) is 128 cm³/mol. The quantitative estimate of drug-likeness (QED) is 0.555. The molecule has 4 nitrogen and oxygen atoms in total. The maximum Gasteiger partial charge on any atom is 0.239 e. The Hall–Kier alpha value is -2.17. The molecule has 31 heavy (non-hydrogen) atoms. The lowest BCUT2D eigenvalue weighted by Crippen LogP contribution is -2.41. The normalized spacial score (nSPS) is 21.4. The van der Waals surface area contributed by atoms with E-state index in [2.05, 4.69) is 36.9 Å². The number of amidine groups is 1. The smallest absolute Gasteiger partial charge is 0.239 e. The van der Waals surface area contributed by atoms with Gasteiger partial charge in [0.15, 0.2) is 0 Å². The molecular formula is C26H32ClN3O. The number of nitrogens with zero attached hydrogens (tertiary/aromatic N) is 2. The molecule has 1 unspecified atom stereocenters. The van der Waals surface area contributed by atoms with E-state index in [1.165, 1.54) is 0 Å². The summed E-state index contributed by atoms with van der Waals surface area (Å²) in [5, 5.41) is 9.36. The lowest BCUT2D eigenvalue weighted by atomic mass is 9.74. The number of hydrogen-bond donors (Lipinski definition) is 1. The van der Waals surface area contributed by atoms with Crippen molar-refractivity contribution >= 4 is 23.3 Å². The molecule has 164 valence electrons. The fourth-order valence-electron chi connectivity index (χ4n) is 5.03. The Bertz CT molecular complexity index is 967. The highest BCUT2D eigenvalue weighted by Crippen LogP contribution is 2.54. The number of benzene rings is 2. The van der Waals surface area contributed by atoms with Gasteiger partial charge in [0.1, 0.15) is 5.84 Å². The van der Waals surface area contributed by atoms with E-state index < -0.39 is 5.41 Å². The molecule has 1 aliphatic carbocycles. The van der Waals surface area contributed by atoms with Gasteiger partial charge in [-0.15, -0.1) is 0 Å². The van der Waals surface area contributed by atoms with Gasteiger partial charge in [0.05, 0.1) is 5.41 Å². The molecule has 2 aliphatic rings. The molecule has 1 atom stereocenters. The van der Waals surface area contributed by atoms with Crippen molar-refractivity contribution in [3.8, 4) is 11.1 Å². The zero-order valence-corrected chi connectivity index (χ0v) is 19.3. The first-order chi connectivity index (χ1) is 15.0. The third kappa shape index (κ3) is 4.28. The first-order valence-corrected chi connectivity index (χ1v) is 11.9. The summed E-state index contributed by atoms with van der Waals surface area (Å²) in [6, 6.07) is 16.2. The van der Waals surface area contributed by atoms with Crippen LogP contribution in [0.2, 0.25) is 5.02 Å². The molecule has 5 heteroatoms. The van der Waals surface area contributed by atoms with Gasteiger partial charge in [-0.1, -0.05) is 61.8 Å². The highest BCUT2D eigenvalue weighted by atomic mass is 35.5. The molecule has 2 aromatic rings. The summed E-state index contributed by atoms with van der Waals surface area (Å²) >= 11 is 6.21. The second kappa shape index (κ2) is 9.13. The molecule has 1 heterocycles. The van der Waals surface area contributed by atoms with Crippen molar-refractivity contribution in [1.29, 1.82) is 5.41 Å². The summed E-state index contributed by atoms with van der Waals surface area (Å²) in [5.41, 5.74) is 2.59. The summed E-state index contributed by atoms with van der Waals surface area (Å²) in [5.74, 6) is 0.940. The summed E-state index contributed by atoms with van der Waals surface area (Å²) in [6.07, 6.45) is 3.54. The lowest BCUT2D eigenvalue weighted by Gasteiger charge is -2.28. The summed E-state index contributed by atoms with van der Waals surface area (Å²) in [7, 11) is 0. The van der Waals surface area contributed by atoms with Crippen LogP contribution in [0.1, 0.15) is 45.1 Å². The molecule has 4 rings (SSSR count). The molecule has 0 spiro atoms. The maximum atomic E-state index is 13.8. The van der Waals surface area contributed by atoms with E-state index in [9.17, 15) is 4.79 Å². The fraction of sp³-hybridized carbons (Fsp3) is 0.462. The van der Waals surface area contributed by atoms with E-state index in [1.807, 2.05) is 30.3 Å². The van der Waals surface area contributed by atoms with Crippen molar-refractivity contribution in [3.63, 3.8) is 0 Å². The molecule has 1 aliphatic heterocycles. The highest BCUT2D eigenvalue weighted by molar-refractivity contribution is 6.30. The van der Waals surface area contributed by atoms with Gasteiger partial charge in [0.25, 0.3) is 0 Å². The van der Waals surface area contributed by atoms with Crippen LogP contribution >= 0.6 is 11.6 Å². The zero-order chi connectivity index (χ0) is 22.0. The molecule has 1 amide bonds. The molecule has 0 bridgehead atoms. The Morgan fingerprint density at radius 3 is 2.42 bits per heavy atom. The van der Waals surface area contributed by atoms with Crippen LogP contribution in [0.15, 0.2) is 48.5 Å². The molecular weight excluding hydrogens is 406 g/mol. The standard InChI is InChI=1S/C26H32ClN3O/c1-3-29(4-2)14-7-15-30-24(28)18-26(25(30)31,21-12-13-21)22-10-5-8-19(16-22)20-9-6-11-23(27)17-20/h5-6,8-11,16-17,21,28H,3-4,7,12-15,18H2,1-2H3. The molecule has 1 saturated heterocycles. The summed E-state index contributed by atoms with van der Waals surface area (Å²) in [4.78, 5) is 17.9. The van der Waals surface area contributed by atoms with Crippen LogP contribution in [0.4, 0.5) is 0 Å². The van der Waals surface area contributed by atoms with E-state index in [-0.39, 0.29) is 5.91 Å². The molecule has 0 radical (unpaired) electrons. The van der Waals surface area contributed by atoms with E-state index in [4.69, 9.17) is 17.0 Å². The average Bonchev–Trinajstić information content (AvgIpc) is 3.59. The number of carbonyl (C=O) groups excluding carboxylic acids is 1. The van der Waals surface area contributed by atoms with Crippen LogP contribution in [0, 0.1) is 11.3 Å². The van der Waals surface area contributed by atoms with E-state index in [0.29, 0.717) is 29.7 Å². The second-order valence-corrected chi connectivity index (χ2v) is 9.23. The van der Waals surface area contributed by atoms with Crippen LogP contribution < -0.4 is 0 Å². The van der Waals surface area contributed by atoms with Gasteiger partial charge in [-0.05, 0) is 73.6 Å². The minimum atomic E-state index is -0.582. The second-order valence-electron chi connectivity index (χ2n) is 8.80. The molecule has 2 fully saturated rings. The first kappa shape index (κ1) is 22.0. The molecule has 2 aromatic carbocycles. The molecule has 0 aromatic heterocycles. The van der Waals surface area contributed by atoms with E-state index in [0.717, 1.165) is 55.6 Å². The van der Waals surface area contributed by atoms with Crippen molar-refractivity contribution in [2.45, 2.75) is 44.9 Å². The third-order valence-corrected chi connectivity index (χ3v) is 7.19. The van der Waals surface area contributed by atoms with E-state index >= 15 is 0 Å². The topological polar surface area (TPSA) is 47.4 Å². The SMILES string of the molecule is CCN(CC)CCCN1C(=N)CC(c2cccc(-c3cccc(Cl)c3)c2)(C2CC2)C1=O. The Kier molecular flexibility index (Phi) is 6.49. The van der Waals surface area contributed by atoms with Crippen LogP contribution in [-0.2, 0) is 10.2 Å². The van der Waals surface area contributed by atoms with Crippen molar-refractivity contribution < 1.29 is 4.79 Å². The first-order valence-electron chi connectivity index (χ1n) is 11.5. The van der Waals surface area contributed by atoms with Gasteiger partial charge < -0.3 is 4.90 Å². The van der Waals surface area contributed by atoms with Gasteiger partial charge in [-0.2, -0.15) is 0 Å². The number of hydrogen-bond acceptors (Lipinski definition) is 3. The minimum Gasteiger partial charge on any atom is -0.304 e. The molecule has 1 saturated carbocycles. The fourth-order valence-corrected chi connectivity index (χ4v) is 5.22. The van der Waals surface area contributed by atoms with Gasteiger partial charge in [0, 0.05) is 18.0 Å². The Balaban J connectivity index is 1.61. The van der Waals surface area contributed by atoms with Crippen LogP contribution in [0.25, 0.3) is 11.1 Å². The summed E-state index contributed by atoms with van der Waals surface area (Å²) in [6.45, 7) is 7.96. The number of carbonyl (C=O) groups is 1. The minimum absolute atomic E-state index is 0.128. The third-order valence-electron chi connectivity index (χ3n) is 6.96. The van der Waals surface area contributed by atoms with Crippen molar-refractivity contribution in [3.05, 3.63) is 59.1 Å². The maximum absolute atomic E-state index is 13.8. The average molecular weight is 438 g/mol. The number of halogens is 1. The number of rotatable bonds is 9. The number of nitrogens with one attached hydrogen (secondary N) is 1. The predicted octanol–water partition coefficient (Wildman–Crippen LogP) is 5.60. The Morgan fingerprint density at radius 2 is 1.77 bits per heavy atom. The van der Waals surface area contributed by atoms with Crippen molar-refractivity contribution in [2.75, 3.05) is 26.2 Å². The van der Waals surface area contributed by atoms with Crippen LogP contribution in [0.5, 0.6) is 0 Å². The monoisotopic (exact) mass is 437 g/mol.